The van der Waals surface area contributed by atoms with E-state index in [4.69, 9.17) is 0 Å². The van der Waals surface area contributed by atoms with Crippen LogP contribution in [-0.4, -0.2) is 11.7 Å². The molecule has 1 aromatic heterocycles. The summed E-state index contributed by atoms with van der Waals surface area (Å²) >= 11 is 1.52. The quantitative estimate of drug-likeness (QED) is 0.857. The maximum Gasteiger partial charge on any atom is 0.234 e. The van der Waals surface area contributed by atoms with E-state index in [-0.39, 0.29) is 11.7 Å². The number of benzene rings is 1. The van der Waals surface area contributed by atoms with Gasteiger partial charge in [-0.25, -0.2) is 0 Å². The van der Waals surface area contributed by atoms with Gasteiger partial charge in [0.1, 0.15) is 0 Å². The Hall–Kier alpha value is -1.94. The van der Waals surface area contributed by atoms with Crippen LogP contribution in [0, 0.1) is 13.8 Å². The highest BCUT2D eigenvalue weighted by Crippen LogP contribution is 2.38. The molecule has 0 unspecified atom stereocenters. The van der Waals surface area contributed by atoms with Gasteiger partial charge in [0.2, 0.25) is 11.7 Å². The average Bonchev–Trinajstić information content (AvgIpc) is 2.88. The van der Waals surface area contributed by atoms with E-state index in [1.807, 2.05) is 45.9 Å². The first-order chi connectivity index (χ1) is 9.80. The lowest BCUT2D eigenvalue weighted by atomic mass is 9.85. The van der Waals surface area contributed by atoms with Crippen LogP contribution in [0.15, 0.2) is 24.3 Å². The molecule has 0 spiro atoms. The Morgan fingerprint density at radius 1 is 1.19 bits per heavy atom. The lowest BCUT2D eigenvalue weighted by molar-refractivity contribution is -0.119. The molecule has 0 saturated carbocycles. The van der Waals surface area contributed by atoms with Crippen LogP contribution in [0.1, 0.15) is 45.1 Å². The van der Waals surface area contributed by atoms with Crippen molar-refractivity contribution in [1.82, 2.24) is 0 Å². The molecule has 21 heavy (non-hydrogen) atoms. The molecular formula is C17H17NO2S. The van der Waals surface area contributed by atoms with Crippen LogP contribution in [0.3, 0.4) is 0 Å². The van der Waals surface area contributed by atoms with Crippen molar-refractivity contribution in [2.45, 2.75) is 33.1 Å². The number of ketones is 1. The molecule has 108 valence electrons. The zero-order chi connectivity index (χ0) is 15.4. The lowest BCUT2D eigenvalue weighted by Gasteiger charge is -2.15. The summed E-state index contributed by atoms with van der Waals surface area (Å²) < 4.78 is 0. The summed E-state index contributed by atoms with van der Waals surface area (Å²) in [6.45, 7) is 7.78. The zero-order valence-electron chi connectivity index (χ0n) is 12.5. The number of hydrogen-bond donors (Lipinski definition) is 1. The van der Waals surface area contributed by atoms with Crippen molar-refractivity contribution >= 4 is 28.7 Å². The van der Waals surface area contributed by atoms with E-state index in [2.05, 4.69) is 5.32 Å². The van der Waals surface area contributed by atoms with E-state index in [9.17, 15) is 9.59 Å². The maximum atomic E-state index is 12.6. The minimum Gasteiger partial charge on any atom is -0.325 e. The molecule has 1 aromatic carbocycles. The van der Waals surface area contributed by atoms with Gasteiger partial charge in [-0.15, -0.1) is 11.3 Å². The molecule has 1 aliphatic rings. The first-order valence-corrected chi connectivity index (χ1v) is 7.70. The molecule has 0 aliphatic carbocycles. The molecule has 2 heterocycles. The number of carbonyl (C=O) groups excluding carboxylic acids is 2. The zero-order valence-corrected chi connectivity index (χ0v) is 13.4. The lowest BCUT2D eigenvalue weighted by Crippen LogP contribution is -2.27. The van der Waals surface area contributed by atoms with Gasteiger partial charge in [0, 0.05) is 16.1 Å². The van der Waals surface area contributed by atoms with Crippen LogP contribution in [-0.2, 0) is 10.2 Å². The molecule has 4 heteroatoms. The van der Waals surface area contributed by atoms with E-state index in [1.165, 1.54) is 11.3 Å². The van der Waals surface area contributed by atoms with Gasteiger partial charge in [-0.05, 0) is 63.1 Å². The second-order valence-electron chi connectivity index (χ2n) is 6.02. The van der Waals surface area contributed by atoms with Crippen LogP contribution in [0.25, 0.3) is 0 Å². The molecular weight excluding hydrogens is 282 g/mol. The summed E-state index contributed by atoms with van der Waals surface area (Å²) in [6, 6.07) is 7.39. The van der Waals surface area contributed by atoms with Crippen molar-refractivity contribution in [2.75, 3.05) is 5.32 Å². The molecule has 0 bridgehead atoms. The standard InChI is InChI=1S/C17H17NO2S/c1-9-7-14(21-10(9)2)15(19)11-5-6-13-12(8-11)17(3,4)16(20)18-13/h5-8H,1-4H3,(H,18,20). The molecule has 1 N–H and O–H groups in total. The molecule has 0 saturated heterocycles. The molecule has 0 fully saturated rings. The van der Waals surface area contributed by atoms with E-state index in [0.717, 1.165) is 26.6 Å². The van der Waals surface area contributed by atoms with E-state index < -0.39 is 5.41 Å². The van der Waals surface area contributed by atoms with Crippen molar-refractivity contribution in [1.29, 1.82) is 0 Å². The highest BCUT2D eigenvalue weighted by Gasteiger charge is 2.38. The Morgan fingerprint density at radius 3 is 2.52 bits per heavy atom. The fourth-order valence-electron chi connectivity index (χ4n) is 2.54. The van der Waals surface area contributed by atoms with Gasteiger partial charge >= 0.3 is 0 Å². The third kappa shape index (κ3) is 2.10. The van der Waals surface area contributed by atoms with E-state index in [1.54, 1.807) is 6.07 Å². The molecule has 0 atom stereocenters. The minimum absolute atomic E-state index is 0.0224. The molecule has 0 radical (unpaired) electrons. The predicted molar refractivity (Wildman–Crippen MR) is 85.3 cm³/mol. The van der Waals surface area contributed by atoms with Crippen LogP contribution in [0.2, 0.25) is 0 Å². The van der Waals surface area contributed by atoms with Gasteiger partial charge < -0.3 is 5.32 Å². The molecule has 3 rings (SSSR count). The summed E-state index contributed by atoms with van der Waals surface area (Å²) in [4.78, 5) is 26.5. The Balaban J connectivity index is 2.04. The third-order valence-corrected chi connectivity index (χ3v) is 5.31. The SMILES string of the molecule is Cc1cc(C(=O)c2ccc3c(c2)C(C)(C)C(=O)N3)sc1C. The van der Waals surface area contributed by atoms with Gasteiger partial charge in [-0.3, -0.25) is 9.59 Å². The van der Waals surface area contributed by atoms with Crippen molar-refractivity contribution in [3.63, 3.8) is 0 Å². The topological polar surface area (TPSA) is 46.2 Å². The predicted octanol–water partition coefficient (Wildman–Crippen LogP) is 3.83. The average molecular weight is 299 g/mol. The largest absolute Gasteiger partial charge is 0.325 e. The van der Waals surface area contributed by atoms with Crippen molar-refractivity contribution in [3.8, 4) is 0 Å². The van der Waals surface area contributed by atoms with Gasteiger partial charge in [0.05, 0.1) is 10.3 Å². The second-order valence-corrected chi connectivity index (χ2v) is 7.27. The van der Waals surface area contributed by atoms with Crippen molar-refractivity contribution < 1.29 is 9.59 Å². The highest BCUT2D eigenvalue weighted by molar-refractivity contribution is 7.14. The Bertz CT molecular complexity index is 752. The van der Waals surface area contributed by atoms with E-state index in [0.29, 0.717) is 5.56 Å². The highest BCUT2D eigenvalue weighted by atomic mass is 32.1. The molecule has 1 amide bonds. The van der Waals surface area contributed by atoms with Gasteiger partial charge in [-0.1, -0.05) is 0 Å². The van der Waals surface area contributed by atoms with Crippen LogP contribution in [0.5, 0.6) is 0 Å². The Morgan fingerprint density at radius 2 is 1.90 bits per heavy atom. The smallest absolute Gasteiger partial charge is 0.234 e. The molecule has 1 aliphatic heterocycles. The van der Waals surface area contributed by atoms with Crippen molar-refractivity contribution in [2.24, 2.45) is 0 Å². The summed E-state index contributed by atoms with van der Waals surface area (Å²) in [6.07, 6.45) is 0. The van der Waals surface area contributed by atoms with E-state index >= 15 is 0 Å². The normalized spacial score (nSPS) is 15.7. The monoisotopic (exact) mass is 299 g/mol. The van der Waals surface area contributed by atoms with Gasteiger partial charge in [-0.2, -0.15) is 0 Å². The van der Waals surface area contributed by atoms with Crippen LogP contribution in [0.4, 0.5) is 5.69 Å². The van der Waals surface area contributed by atoms with Gasteiger partial charge in [0.25, 0.3) is 0 Å². The van der Waals surface area contributed by atoms with Gasteiger partial charge in [0.15, 0.2) is 0 Å². The minimum atomic E-state index is -0.590. The number of fused-ring (bicyclic) bond motifs is 1. The van der Waals surface area contributed by atoms with Crippen molar-refractivity contribution in [3.05, 3.63) is 50.7 Å². The molecule has 3 nitrogen and oxygen atoms in total. The number of thiophene rings is 1. The fraction of sp³-hybridized carbons (Fsp3) is 0.294. The third-order valence-electron chi connectivity index (χ3n) is 4.16. The second kappa shape index (κ2) is 4.53. The number of rotatable bonds is 2. The number of aryl methyl sites for hydroxylation is 2. The number of hydrogen-bond acceptors (Lipinski definition) is 3. The number of nitrogens with one attached hydrogen (secondary N) is 1. The molecule has 2 aromatic rings. The number of amides is 1. The Labute approximate surface area is 128 Å². The number of carbonyl (C=O) groups is 2. The first kappa shape index (κ1) is 14.0. The fourth-order valence-corrected chi connectivity index (χ4v) is 3.54. The van der Waals surface area contributed by atoms with Crippen LogP contribution < -0.4 is 5.32 Å². The summed E-state index contributed by atoms with van der Waals surface area (Å²) in [5, 5.41) is 2.86. The number of anilines is 1. The Kier molecular flexibility index (Phi) is 3.02. The maximum absolute atomic E-state index is 12.6. The summed E-state index contributed by atoms with van der Waals surface area (Å²) in [5.74, 6) is -0.000870. The van der Waals surface area contributed by atoms with Crippen LogP contribution >= 0.6 is 11.3 Å². The first-order valence-electron chi connectivity index (χ1n) is 6.88. The summed E-state index contributed by atoms with van der Waals surface area (Å²) in [5.41, 5.74) is 2.89. The summed E-state index contributed by atoms with van der Waals surface area (Å²) in [7, 11) is 0.